The first-order valence-corrected chi connectivity index (χ1v) is 15.4. The minimum atomic E-state index is -0.519. The summed E-state index contributed by atoms with van der Waals surface area (Å²) in [6.07, 6.45) is 8.24. The number of fused-ring (bicyclic) bond motifs is 7. The molecule has 5 heteroatoms. The van der Waals surface area contributed by atoms with Crippen LogP contribution in [0.4, 0.5) is 0 Å². The standard InChI is InChI=1S/C33H52O5/c1-19-10-15-33(28(36)37-9)17-16-32(8)27(26(33)20(19)2)22(35)18-24-30(6)13-12-25(38-21(3)34)29(4,5)23(30)11-14-31(24,32)7/h19-20,23-27H,10-18H2,1-9H3. The average Bonchev–Trinajstić information content (AvgIpc) is 2.84. The van der Waals surface area contributed by atoms with Gasteiger partial charge in [-0.1, -0.05) is 48.5 Å². The Balaban J connectivity index is 1.56. The molecule has 214 valence electrons. The summed E-state index contributed by atoms with van der Waals surface area (Å²) < 4.78 is 11.3. The van der Waals surface area contributed by atoms with Gasteiger partial charge in [0.25, 0.3) is 0 Å². The van der Waals surface area contributed by atoms with E-state index in [1.165, 1.54) is 14.0 Å². The molecule has 0 spiro atoms. The zero-order valence-corrected chi connectivity index (χ0v) is 25.4. The molecule has 0 aromatic rings. The van der Waals surface area contributed by atoms with Crippen LogP contribution in [0.1, 0.15) is 113 Å². The Bertz CT molecular complexity index is 1020. The molecule has 38 heavy (non-hydrogen) atoms. The first-order valence-electron chi connectivity index (χ1n) is 15.4. The van der Waals surface area contributed by atoms with Gasteiger partial charge in [-0.15, -0.1) is 0 Å². The van der Waals surface area contributed by atoms with Gasteiger partial charge in [-0.05, 0) is 97.2 Å². The number of ether oxygens (including phenoxy) is 2. The van der Waals surface area contributed by atoms with Crippen molar-refractivity contribution in [3.63, 3.8) is 0 Å². The normalized spacial score (nSPS) is 51.5. The minimum Gasteiger partial charge on any atom is -0.469 e. The Morgan fingerprint density at radius 2 is 1.53 bits per heavy atom. The van der Waals surface area contributed by atoms with Gasteiger partial charge >= 0.3 is 11.9 Å². The van der Waals surface area contributed by atoms with E-state index < -0.39 is 5.41 Å². The molecule has 5 aliphatic carbocycles. The Kier molecular flexibility index (Phi) is 6.52. The van der Waals surface area contributed by atoms with Crippen molar-refractivity contribution >= 4 is 17.7 Å². The summed E-state index contributed by atoms with van der Waals surface area (Å²) in [6.45, 7) is 18.1. The SMILES string of the molecule is COC(=O)C12CCC(C)C(C)C1C1C(=O)CC3C4(C)CCC(OC(C)=O)C(C)(C)C4CCC3(C)C1(C)CC2. The van der Waals surface area contributed by atoms with Gasteiger partial charge in [0.2, 0.25) is 0 Å². The quantitative estimate of drug-likeness (QED) is 0.361. The number of ketones is 1. The lowest BCUT2D eigenvalue weighted by Gasteiger charge is -2.73. The van der Waals surface area contributed by atoms with E-state index in [-0.39, 0.29) is 51.5 Å². The number of methoxy groups -OCH3 is 1. The van der Waals surface area contributed by atoms with Gasteiger partial charge in [0.15, 0.2) is 0 Å². The van der Waals surface area contributed by atoms with Crippen LogP contribution in [0.2, 0.25) is 0 Å². The maximum Gasteiger partial charge on any atom is 0.312 e. The summed E-state index contributed by atoms with van der Waals surface area (Å²) in [5, 5.41) is 0. The van der Waals surface area contributed by atoms with Crippen LogP contribution in [-0.2, 0) is 23.9 Å². The van der Waals surface area contributed by atoms with Crippen molar-refractivity contribution in [1.29, 1.82) is 0 Å². The van der Waals surface area contributed by atoms with Gasteiger partial charge in [0, 0.05) is 24.7 Å². The van der Waals surface area contributed by atoms with Crippen molar-refractivity contribution in [2.75, 3.05) is 7.11 Å². The Hall–Kier alpha value is -1.39. The third-order valence-electron chi connectivity index (χ3n) is 14.2. The van der Waals surface area contributed by atoms with Crippen LogP contribution in [0.5, 0.6) is 0 Å². The fourth-order valence-electron chi connectivity index (χ4n) is 11.9. The molecule has 0 N–H and O–H groups in total. The first-order chi connectivity index (χ1) is 17.6. The van der Waals surface area contributed by atoms with Crippen LogP contribution >= 0.6 is 0 Å². The number of rotatable bonds is 2. The van der Waals surface area contributed by atoms with Gasteiger partial charge in [-0.2, -0.15) is 0 Å². The summed E-state index contributed by atoms with van der Waals surface area (Å²) >= 11 is 0. The smallest absolute Gasteiger partial charge is 0.312 e. The van der Waals surface area contributed by atoms with Crippen molar-refractivity contribution in [1.82, 2.24) is 0 Å². The average molecular weight is 529 g/mol. The van der Waals surface area contributed by atoms with Crippen molar-refractivity contribution in [2.24, 2.45) is 62.6 Å². The van der Waals surface area contributed by atoms with Crippen molar-refractivity contribution < 1.29 is 23.9 Å². The summed E-state index contributed by atoms with van der Waals surface area (Å²) in [5.41, 5.74) is -0.718. The number of carbonyl (C=O) groups is 3. The highest BCUT2D eigenvalue weighted by Gasteiger charge is 2.73. The summed E-state index contributed by atoms with van der Waals surface area (Å²) in [7, 11) is 1.53. The molecule has 5 aliphatic rings. The van der Waals surface area contributed by atoms with Crippen LogP contribution in [0.25, 0.3) is 0 Å². The van der Waals surface area contributed by atoms with Gasteiger partial charge in [-0.3, -0.25) is 14.4 Å². The Morgan fingerprint density at radius 1 is 0.842 bits per heavy atom. The fourth-order valence-corrected chi connectivity index (χ4v) is 11.9. The molecule has 0 aliphatic heterocycles. The molecule has 11 unspecified atom stereocenters. The predicted molar refractivity (Wildman–Crippen MR) is 147 cm³/mol. The summed E-state index contributed by atoms with van der Waals surface area (Å²) in [6, 6.07) is 0. The van der Waals surface area contributed by atoms with Crippen molar-refractivity contribution in [3.05, 3.63) is 0 Å². The number of hydrogen-bond donors (Lipinski definition) is 0. The van der Waals surface area contributed by atoms with Gasteiger partial charge < -0.3 is 9.47 Å². The lowest BCUT2D eigenvalue weighted by atomic mass is 9.31. The second kappa shape index (κ2) is 8.80. The molecule has 5 nitrogen and oxygen atoms in total. The van der Waals surface area contributed by atoms with Crippen LogP contribution < -0.4 is 0 Å². The molecule has 5 saturated carbocycles. The molecule has 5 rings (SSSR count). The maximum absolute atomic E-state index is 14.6. The van der Waals surface area contributed by atoms with E-state index in [4.69, 9.17) is 9.47 Å². The van der Waals surface area contributed by atoms with Crippen LogP contribution in [-0.4, -0.2) is 30.9 Å². The molecule has 0 saturated heterocycles. The summed E-state index contributed by atoms with van der Waals surface area (Å²) in [4.78, 5) is 40.0. The molecule has 0 aromatic heterocycles. The predicted octanol–water partition coefficient (Wildman–Crippen LogP) is 7.01. The van der Waals surface area contributed by atoms with E-state index >= 15 is 0 Å². The molecule has 0 aromatic carbocycles. The van der Waals surface area contributed by atoms with Crippen LogP contribution in [0, 0.1) is 62.6 Å². The van der Waals surface area contributed by atoms with Crippen LogP contribution in [0.15, 0.2) is 0 Å². The molecule has 0 heterocycles. The van der Waals surface area contributed by atoms with E-state index in [0.29, 0.717) is 35.9 Å². The Morgan fingerprint density at radius 3 is 2.16 bits per heavy atom. The third kappa shape index (κ3) is 3.44. The minimum absolute atomic E-state index is 0.0269. The first kappa shape index (κ1) is 28.1. The zero-order chi connectivity index (χ0) is 28.1. The topological polar surface area (TPSA) is 69.7 Å². The molecule has 0 bridgehead atoms. The van der Waals surface area contributed by atoms with E-state index in [1.807, 2.05) is 0 Å². The van der Waals surface area contributed by atoms with E-state index in [2.05, 4.69) is 48.5 Å². The molecule has 11 atom stereocenters. The van der Waals surface area contributed by atoms with Crippen molar-refractivity contribution in [2.45, 2.75) is 119 Å². The van der Waals surface area contributed by atoms with Gasteiger partial charge in [0.1, 0.15) is 11.9 Å². The zero-order valence-electron chi connectivity index (χ0n) is 25.4. The summed E-state index contributed by atoms with van der Waals surface area (Å²) in [5.74, 6) is 1.64. The van der Waals surface area contributed by atoms with Crippen LogP contribution in [0.3, 0.4) is 0 Å². The molecule has 5 fully saturated rings. The van der Waals surface area contributed by atoms with Gasteiger partial charge in [-0.25, -0.2) is 0 Å². The van der Waals surface area contributed by atoms with E-state index in [1.54, 1.807) is 0 Å². The van der Waals surface area contributed by atoms with E-state index in [0.717, 1.165) is 51.4 Å². The van der Waals surface area contributed by atoms with E-state index in [9.17, 15) is 14.4 Å². The number of carbonyl (C=O) groups excluding carboxylic acids is 3. The molecule has 0 radical (unpaired) electrons. The largest absolute Gasteiger partial charge is 0.469 e. The lowest BCUT2D eigenvalue weighted by Crippen LogP contribution is -2.70. The highest BCUT2D eigenvalue weighted by Crippen LogP contribution is 2.76. The highest BCUT2D eigenvalue weighted by molar-refractivity contribution is 5.87. The second-order valence-electron chi connectivity index (χ2n) is 15.6. The number of hydrogen-bond acceptors (Lipinski definition) is 5. The molecule has 0 amide bonds. The second-order valence-corrected chi connectivity index (χ2v) is 15.6. The molecular weight excluding hydrogens is 476 g/mol. The fraction of sp³-hybridized carbons (Fsp3) is 0.909. The van der Waals surface area contributed by atoms with Gasteiger partial charge in [0.05, 0.1) is 12.5 Å². The maximum atomic E-state index is 14.6. The number of esters is 2. The highest BCUT2D eigenvalue weighted by atomic mass is 16.5. The lowest BCUT2D eigenvalue weighted by molar-refractivity contribution is -0.250. The number of Topliss-reactive ketones (excluding diaryl/α,β-unsaturated/α-hetero) is 1. The monoisotopic (exact) mass is 528 g/mol. The Labute approximate surface area is 230 Å². The third-order valence-corrected chi connectivity index (χ3v) is 14.2. The van der Waals surface area contributed by atoms with Crippen molar-refractivity contribution in [3.8, 4) is 0 Å². The molecular formula is C33H52O5.